The van der Waals surface area contributed by atoms with E-state index < -0.39 is 5.97 Å². The normalized spacial score (nSPS) is 22.3. The fourth-order valence-electron chi connectivity index (χ4n) is 2.46. The molecule has 2 aromatic rings. The standard InChI is InChI=1S/C13H16N4O3/c1-13(3-4-20-7-13)16-10-8-6-15-17(2)11(8)14-5-9(10)12(18)19/h5-6H,3-4,7H2,1-2H3,(H,14,16)(H,18,19). The average molecular weight is 276 g/mol. The monoisotopic (exact) mass is 276 g/mol. The van der Waals surface area contributed by atoms with E-state index in [-0.39, 0.29) is 11.1 Å². The summed E-state index contributed by atoms with van der Waals surface area (Å²) in [6, 6.07) is 0. The highest BCUT2D eigenvalue weighted by Crippen LogP contribution is 2.31. The molecule has 0 aliphatic carbocycles. The van der Waals surface area contributed by atoms with Gasteiger partial charge in [-0.05, 0) is 13.3 Å². The molecule has 0 saturated carbocycles. The van der Waals surface area contributed by atoms with E-state index in [1.165, 1.54) is 6.20 Å². The molecule has 106 valence electrons. The summed E-state index contributed by atoms with van der Waals surface area (Å²) >= 11 is 0. The molecule has 1 saturated heterocycles. The maximum Gasteiger partial charge on any atom is 0.339 e. The maximum absolute atomic E-state index is 11.4. The molecule has 3 heterocycles. The number of carboxylic acid groups (broad SMARTS) is 1. The number of aryl methyl sites for hydroxylation is 1. The van der Waals surface area contributed by atoms with Crippen LogP contribution in [0, 0.1) is 0 Å². The quantitative estimate of drug-likeness (QED) is 0.877. The molecule has 0 aromatic carbocycles. The molecule has 0 spiro atoms. The Morgan fingerprint density at radius 1 is 1.55 bits per heavy atom. The first-order valence-electron chi connectivity index (χ1n) is 6.40. The zero-order valence-electron chi connectivity index (χ0n) is 11.4. The number of fused-ring (bicyclic) bond motifs is 1. The Kier molecular flexibility index (Phi) is 2.86. The van der Waals surface area contributed by atoms with Gasteiger partial charge in [0.15, 0.2) is 5.65 Å². The van der Waals surface area contributed by atoms with Gasteiger partial charge in [0.2, 0.25) is 0 Å². The lowest BCUT2D eigenvalue weighted by molar-refractivity contribution is 0.0697. The number of aromatic nitrogens is 3. The van der Waals surface area contributed by atoms with Crippen molar-refractivity contribution in [1.29, 1.82) is 0 Å². The molecule has 20 heavy (non-hydrogen) atoms. The van der Waals surface area contributed by atoms with Gasteiger partial charge in [0.05, 0.1) is 29.4 Å². The minimum Gasteiger partial charge on any atom is -0.478 e. The number of hydrogen-bond acceptors (Lipinski definition) is 5. The summed E-state index contributed by atoms with van der Waals surface area (Å²) in [5.41, 5.74) is 1.09. The summed E-state index contributed by atoms with van der Waals surface area (Å²) in [5, 5.41) is 17.5. The number of rotatable bonds is 3. The van der Waals surface area contributed by atoms with Crippen LogP contribution in [0.2, 0.25) is 0 Å². The molecule has 1 fully saturated rings. The van der Waals surface area contributed by atoms with Crippen molar-refractivity contribution in [3.8, 4) is 0 Å². The lowest BCUT2D eigenvalue weighted by atomic mass is 10.00. The van der Waals surface area contributed by atoms with Crippen molar-refractivity contribution in [2.24, 2.45) is 7.05 Å². The molecule has 3 rings (SSSR count). The Morgan fingerprint density at radius 3 is 3.00 bits per heavy atom. The highest BCUT2D eigenvalue weighted by molar-refractivity contribution is 6.03. The van der Waals surface area contributed by atoms with Gasteiger partial charge in [-0.15, -0.1) is 0 Å². The van der Waals surface area contributed by atoms with E-state index in [9.17, 15) is 9.90 Å². The second-order valence-corrected chi connectivity index (χ2v) is 5.35. The molecule has 1 aliphatic heterocycles. The molecular weight excluding hydrogens is 260 g/mol. The second kappa shape index (κ2) is 4.45. The Labute approximate surface area is 115 Å². The smallest absolute Gasteiger partial charge is 0.339 e. The Bertz CT molecular complexity index is 674. The number of carbonyl (C=O) groups is 1. The number of aromatic carboxylic acids is 1. The van der Waals surface area contributed by atoms with Gasteiger partial charge in [0.25, 0.3) is 0 Å². The van der Waals surface area contributed by atoms with Gasteiger partial charge in [-0.25, -0.2) is 9.78 Å². The van der Waals surface area contributed by atoms with Gasteiger partial charge < -0.3 is 15.2 Å². The Morgan fingerprint density at radius 2 is 2.35 bits per heavy atom. The van der Waals surface area contributed by atoms with Gasteiger partial charge in [0, 0.05) is 19.9 Å². The highest BCUT2D eigenvalue weighted by Gasteiger charge is 2.31. The van der Waals surface area contributed by atoms with E-state index in [0.29, 0.717) is 29.9 Å². The summed E-state index contributed by atoms with van der Waals surface area (Å²) in [6.07, 6.45) is 3.83. The molecule has 0 radical (unpaired) electrons. The van der Waals surface area contributed by atoms with Crippen LogP contribution >= 0.6 is 0 Å². The van der Waals surface area contributed by atoms with Crippen molar-refractivity contribution in [2.75, 3.05) is 18.5 Å². The summed E-state index contributed by atoms with van der Waals surface area (Å²) in [7, 11) is 1.78. The number of nitrogens with one attached hydrogen (secondary N) is 1. The number of pyridine rings is 1. The molecule has 0 amide bonds. The Balaban J connectivity index is 2.14. The van der Waals surface area contributed by atoms with Gasteiger partial charge in [0.1, 0.15) is 5.56 Å². The van der Waals surface area contributed by atoms with Crippen molar-refractivity contribution < 1.29 is 14.6 Å². The van der Waals surface area contributed by atoms with Gasteiger partial charge >= 0.3 is 5.97 Å². The van der Waals surface area contributed by atoms with E-state index in [1.54, 1.807) is 17.9 Å². The van der Waals surface area contributed by atoms with Crippen LogP contribution in [0.5, 0.6) is 0 Å². The summed E-state index contributed by atoms with van der Waals surface area (Å²) in [6.45, 7) is 3.25. The number of ether oxygens (including phenoxy) is 1. The topological polar surface area (TPSA) is 89.3 Å². The first-order valence-corrected chi connectivity index (χ1v) is 6.40. The van der Waals surface area contributed by atoms with Crippen LogP contribution in [0.3, 0.4) is 0 Å². The Hall–Kier alpha value is -2.15. The van der Waals surface area contributed by atoms with Crippen LogP contribution < -0.4 is 5.32 Å². The molecule has 1 unspecified atom stereocenters. The maximum atomic E-state index is 11.4. The lowest BCUT2D eigenvalue weighted by Crippen LogP contribution is -2.35. The third-order valence-electron chi connectivity index (χ3n) is 3.64. The fraction of sp³-hybridized carbons (Fsp3) is 0.462. The molecule has 7 nitrogen and oxygen atoms in total. The van der Waals surface area contributed by atoms with Crippen LogP contribution in [0.15, 0.2) is 12.4 Å². The first kappa shape index (κ1) is 12.9. The lowest BCUT2D eigenvalue weighted by Gasteiger charge is -2.26. The molecule has 1 atom stereocenters. The third kappa shape index (κ3) is 2.00. The minimum absolute atomic E-state index is 0.152. The zero-order chi connectivity index (χ0) is 14.3. The number of nitrogens with zero attached hydrogens (tertiary/aromatic N) is 3. The van der Waals surface area contributed by atoms with Crippen LogP contribution in [0.25, 0.3) is 11.0 Å². The van der Waals surface area contributed by atoms with Crippen molar-refractivity contribution in [1.82, 2.24) is 14.8 Å². The number of carboxylic acids is 1. The van der Waals surface area contributed by atoms with Crippen molar-refractivity contribution in [3.05, 3.63) is 18.0 Å². The van der Waals surface area contributed by atoms with Crippen LogP contribution in [-0.2, 0) is 11.8 Å². The van der Waals surface area contributed by atoms with Gasteiger partial charge in [-0.1, -0.05) is 0 Å². The molecule has 7 heteroatoms. The van der Waals surface area contributed by atoms with E-state index in [4.69, 9.17) is 4.74 Å². The van der Waals surface area contributed by atoms with Crippen molar-refractivity contribution >= 4 is 22.7 Å². The molecule has 2 N–H and O–H groups in total. The zero-order valence-corrected chi connectivity index (χ0v) is 11.4. The molecular formula is C13H16N4O3. The average Bonchev–Trinajstić information content (AvgIpc) is 2.97. The summed E-state index contributed by atoms with van der Waals surface area (Å²) < 4.78 is 7.03. The van der Waals surface area contributed by atoms with E-state index in [1.807, 2.05) is 6.92 Å². The van der Waals surface area contributed by atoms with Gasteiger partial charge in [-0.3, -0.25) is 4.68 Å². The first-order chi connectivity index (χ1) is 9.50. The number of hydrogen-bond donors (Lipinski definition) is 2. The SMILES string of the molecule is Cn1ncc2c(NC3(C)CCOC3)c(C(=O)O)cnc21. The highest BCUT2D eigenvalue weighted by atomic mass is 16.5. The van der Waals surface area contributed by atoms with Crippen LogP contribution in [0.4, 0.5) is 5.69 Å². The molecule has 1 aliphatic rings. The third-order valence-corrected chi connectivity index (χ3v) is 3.64. The summed E-state index contributed by atoms with van der Waals surface area (Å²) in [4.78, 5) is 15.6. The minimum atomic E-state index is -1.01. The van der Waals surface area contributed by atoms with Crippen molar-refractivity contribution in [3.63, 3.8) is 0 Å². The van der Waals surface area contributed by atoms with Crippen LogP contribution in [-0.4, -0.2) is 44.6 Å². The van der Waals surface area contributed by atoms with Crippen molar-refractivity contribution in [2.45, 2.75) is 18.9 Å². The second-order valence-electron chi connectivity index (χ2n) is 5.35. The summed E-state index contributed by atoms with van der Waals surface area (Å²) in [5.74, 6) is -1.01. The fourth-order valence-corrected chi connectivity index (χ4v) is 2.46. The van der Waals surface area contributed by atoms with E-state index >= 15 is 0 Å². The molecule has 0 bridgehead atoms. The predicted octanol–water partition coefficient (Wildman–Crippen LogP) is 1.26. The predicted molar refractivity (Wildman–Crippen MR) is 72.9 cm³/mol. The number of anilines is 1. The largest absolute Gasteiger partial charge is 0.478 e. The van der Waals surface area contributed by atoms with E-state index in [2.05, 4.69) is 15.4 Å². The van der Waals surface area contributed by atoms with E-state index in [0.717, 1.165) is 6.42 Å². The van der Waals surface area contributed by atoms with Gasteiger partial charge in [-0.2, -0.15) is 5.10 Å². The van der Waals surface area contributed by atoms with Crippen LogP contribution in [0.1, 0.15) is 23.7 Å². The molecule has 2 aromatic heterocycles.